The molecule has 3 nitrogen and oxygen atoms in total. The summed E-state index contributed by atoms with van der Waals surface area (Å²) in [6, 6.07) is 9.90. The smallest absolute Gasteiger partial charge is 0.261 e. The summed E-state index contributed by atoms with van der Waals surface area (Å²) in [5.41, 5.74) is 0.800. The molecular weight excluding hydrogens is 332 g/mol. The van der Waals surface area contributed by atoms with Crippen LogP contribution < -0.4 is 10.1 Å². The fraction of sp³-hybridized carbons (Fsp3) is 0.278. The second-order valence-corrected chi connectivity index (χ2v) is 6.73. The summed E-state index contributed by atoms with van der Waals surface area (Å²) in [7, 11) is 0. The number of carbonyl (C=O) groups is 1. The molecular formula is C18H17F2NO2S. The van der Waals surface area contributed by atoms with Gasteiger partial charge in [0.15, 0.2) is 6.10 Å². The quantitative estimate of drug-likeness (QED) is 0.904. The van der Waals surface area contributed by atoms with Crippen molar-refractivity contribution in [1.29, 1.82) is 0 Å². The van der Waals surface area contributed by atoms with E-state index < -0.39 is 6.10 Å². The van der Waals surface area contributed by atoms with Crippen LogP contribution in [0.1, 0.15) is 24.9 Å². The molecule has 24 heavy (non-hydrogen) atoms. The monoisotopic (exact) mass is 349 g/mol. The van der Waals surface area contributed by atoms with Crippen molar-refractivity contribution in [2.75, 3.05) is 5.75 Å². The number of hydrogen-bond donors (Lipinski definition) is 1. The maximum absolute atomic E-state index is 13.5. The molecule has 0 spiro atoms. The molecule has 2 aromatic rings. The molecule has 1 amide bonds. The third kappa shape index (κ3) is 3.87. The predicted octanol–water partition coefficient (Wildman–Crippen LogP) is 4.09. The van der Waals surface area contributed by atoms with Crippen LogP contribution >= 0.6 is 11.8 Å². The highest BCUT2D eigenvalue weighted by atomic mass is 32.2. The van der Waals surface area contributed by atoms with Gasteiger partial charge in [-0.1, -0.05) is 0 Å². The van der Waals surface area contributed by atoms with Crippen molar-refractivity contribution < 1.29 is 18.3 Å². The van der Waals surface area contributed by atoms with Gasteiger partial charge in [0, 0.05) is 10.6 Å². The molecule has 6 heteroatoms. The summed E-state index contributed by atoms with van der Waals surface area (Å²) in [6.45, 7) is 1.63. The van der Waals surface area contributed by atoms with E-state index in [4.69, 9.17) is 4.74 Å². The topological polar surface area (TPSA) is 38.3 Å². The summed E-state index contributed by atoms with van der Waals surface area (Å²) >= 11 is 1.66. The molecule has 0 unspecified atom stereocenters. The van der Waals surface area contributed by atoms with Crippen LogP contribution in [0.4, 0.5) is 8.78 Å². The van der Waals surface area contributed by atoms with Gasteiger partial charge in [-0.2, -0.15) is 0 Å². The van der Waals surface area contributed by atoms with Crippen molar-refractivity contribution in [3.8, 4) is 5.75 Å². The Morgan fingerprint density at radius 1 is 1.21 bits per heavy atom. The number of ether oxygens (including phenoxy) is 1. The van der Waals surface area contributed by atoms with Gasteiger partial charge >= 0.3 is 0 Å². The van der Waals surface area contributed by atoms with Crippen molar-refractivity contribution in [2.45, 2.75) is 30.4 Å². The van der Waals surface area contributed by atoms with Crippen LogP contribution in [0.25, 0.3) is 0 Å². The highest BCUT2D eigenvalue weighted by molar-refractivity contribution is 7.99. The number of amides is 1. The lowest BCUT2D eigenvalue weighted by Gasteiger charge is -2.27. The molecule has 3 rings (SSSR count). The first-order chi connectivity index (χ1) is 11.5. The molecule has 2 atom stereocenters. The Balaban J connectivity index is 1.67. The van der Waals surface area contributed by atoms with Gasteiger partial charge in [0.1, 0.15) is 17.4 Å². The van der Waals surface area contributed by atoms with E-state index in [9.17, 15) is 13.6 Å². The van der Waals surface area contributed by atoms with E-state index >= 15 is 0 Å². The van der Waals surface area contributed by atoms with E-state index in [0.29, 0.717) is 5.75 Å². The van der Waals surface area contributed by atoms with Crippen molar-refractivity contribution in [1.82, 2.24) is 5.32 Å². The number of carbonyl (C=O) groups excluding carboxylic acids is 1. The molecule has 1 aliphatic heterocycles. The van der Waals surface area contributed by atoms with Crippen molar-refractivity contribution in [2.24, 2.45) is 0 Å². The lowest BCUT2D eigenvalue weighted by Crippen LogP contribution is -2.39. The zero-order valence-electron chi connectivity index (χ0n) is 13.1. The highest BCUT2D eigenvalue weighted by Gasteiger charge is 2.25. The van der Waals surface area contributed by atoms with Crippen LogP contribution in [0.15, 0.2) is 47.4 Å². The fourth-order valence-electron chi connectivity index (χ4n) is 2.58. The van der Waals surface area contributed by atoms with E-state index in [1.807, 2.05) is 0 Å². The van der Waals surface area contributed by atoms with Gasteiger partial charge in [0.25, 0.3) is 5.91 Å². The zero-order valence-corrected chi connectivity index (χ0v) is 13.9. The largest absolute Gasteiger partial charge is 0.481 e. The minimum absolute atomic E-state index is 0.233. The highest BCUT2D eigenvalue weighted by Crippen LogP contribution is 2.36. The second kappa shape index (κ2) is 7.21. The average molecular weight is 349 g/mol. The molecule has 0 saturated heterocycles. The Bertz CT molecular complexity index is 736. The molecule has 0 fully saturated rings. The molecule has 0 aromatic heterocycles. The number of fused-ring (bicyclic) bond motifs is 1. The van der Waals surface area contributed by atoms with Gasteiger partial charge in [0.2, 0.25) is 0 Å². The number of rotatable bonds is 4. The molecule has 1 heterocycles. The first-order valence-electron chi connectivity index (χ1n) is 7.68. The van der Waals surface area contributed by atoms with Crippen LogP contribution in [0.2, 0.25) is 0 Å². The van der Waals surface area contributed by atoms with Gasteiger partial charge in [-0.05, 0) is 61.4 Å². The molecule has 0 saturated carbocycles. The Labute approximate surface area is 143 Å². The predicted molar refractivity (Wildman–Crippen MR) is 89.1 cm³/mol. The minimum atomic E-state index is -0.734. The Morgan fingerprint density at radius 2 is 1.92 bits per heavy atom. The minimum Gasteiger partial charge on any atom is -0.481 e. The van der Waals surface area contributed by atoms with Crippen molar-refractivity contribution >= 4 is 17.7 Å². The number of benzene rings is 2. The first-order valence-corrected chi connectivity index (χ1v) is 8.66. The van der Waals surface area contributed by atoms with Gasteiger partial charge < -0.3 is 10.1 Å². The van der Waals surface area contributed by atoms with E-state index in [-0.39, 0.29) is 23.6 Å². The fourth-order valence-corrected chi connectivity index (χ4v) is 3.68. The number of hydrogen-bond acceptors (Lipinski definition) is 3. The summed E-state index contributed by atoms with van der Waals surface area (Å²) in [5, 5.41) is 2.92. The molecule has 126 valence electrons. The third-order valence-electron chi connectivity index (χ3n) is 3.82. The lowest BCUT2D eigenvalue weighted by molar-refractivity contribution is -0.128. The van der Waals surface area contributed by atoms with Gasteiger partial charge in [-0.15, -0.1) is 11.8 Å². The Hall–Kier alpha value is -2.08. The number of halogens is 2. The van der Waals surface area contributed by atoms with Gasteiger partial charge in [-0.25, -0.2) is 8.78 Å². The molecule has 0 radical (unpaired) electrons. The van der Waals surface area contributed by atoms with E-state index in [1.54, 1.807) is 24.8 Å². The Kier molecular flexibility index (Phi) is 5.04. The zero-order chi connectivity index (χ0) is 17.1. The number of nitrogens with one attached hydrogen (secondary N) is 1. The summed E-state index contributed by atoms with van der Waals surface area (Å²) in [4.78, 5) is 13.4. The van der Waals surface area contributed by atoms with E-state index in [1.165, 1.54) is 36.4 Å². The van der Waals surface area contributed by atoms with E-state index in [0.717, 1.165) is 22.6 Å². The summed E-state index contributed by atoms with van der Waals surface area (Å²) in [6.07, 6.45) is -0.00194. The van der Waals surface area contributed by atoms with Gasteiger partial charge in [0.05, 0.1) is 6.04 Å². The van der Waals surface area contributed by atoms with Crippen LogP contribution in [-0.4, -0.2) is 17.8 Å². The van der Waals surface area contributed by atoms with Crippen LogP contribution in [0, 0.1) is 11.6 Å². The van der Waals surface area contributed by atoms with E-state index in [2.05, 4.69) is 5.32 Å². The number of thioether (sulfide) groups is 1. The SMILES string of the molecule is C[C@H](Oc1ccc(F)cc1)C(=O)N[C@H]1CCSc2ccc(F)cc21. The maximum Gasteiger partial charge on any atom is 0.261 e. The van der Waals surface area contributed by atoms with Crippen LogP contribution in [0.3, 0.4) is 0 Å². The normalized spacial score (nSPS) is 17.7. The molecule has 1 N–H and O–H groups in total. The van der Waals surface area contributed by atoms with Crippen LogP contribution in [-0.2, 0) is 4.79 Å². The standard InChI is InChI=1S/C18H17F2NO2S/c1-11(23-14-5-2-12(19)3-6-14)18(22)21-16-8-9-24-17-7-4-13(20)10-15(16)17/h2-7,10-11,16H,8-9H2,1H3,(H,21,22)/t11-,16-/m0/s1. The average Bonchev–Trinajstić information content (AvgIpc) is 2.57. The summed E-state index contributed by atoms with van der Waals surface area (Å²) < 4.78 is 31.9. The Morgan fingerprint density at radius 3 is 2.67 bits per heavy atom. The maximum atomic E-state index is 13.5. The van der Waals surface area contributed by atoms with Crippen LogP contribution in [0.5, 0.6) is 5.75 Å². The third-order valence-corrected chi connectivity index (χ3v) is 4.95. The summed E-state index contributed by atoms with van der Waals surface area (Å²) in [5.74, 6) is 0.316. The molecule has 0 bridgehead atoms. The van der Waals surface area contributed by atoms with Gasteiger partial charge in [-0.3, -0.25) is 4.79 Å². The lowest BCUT2D eigenvalue weighted by atomic mass is 10.0. The second-order valence-electron chi connectivity index (χ2n) is 5.59. The molecule has 2 aromatic carbocycles. The molecule has 1 aliphatic rings. The van der Waals surface area contributed by atoms with Crippen molar-refractivity contribution in [3.63, 3.8) is 0 Å². The molecule has 0 aliphatic carbocycles. The first kappa shape index (κ1) is 16.8. The van der Waals surface area contributed by atoms with Crippen molar-refractivity contribution in [3.05, 3.63) is 59.7 Å².